The molecule has 1 atom stereocenters. The van der Waals surface area contributed by atoms with Crippen LogP contribution in [0.4, 0.5) is 0 Å². The molecule has 20 heavy (non-hydrogen) atoms. The van der Waals surface area contributed by atoms with Crippen LogP contribution >= 0.6 is 0 Å². The molecule has 0 bridgehead atoms. The molecule has 1 heterocycles. The molecule has 2 rings (SSSR count). The molecule has 4 nitrogen and oxygen atoms in total. The smallest absolute Gasteiger partial charge is 0.219 e. The van der Waals surface area contributed by atoms with E-state index in [2.05, 4.69) is 34.5 Å². The fourth-order valence-electron chi connectivity index (χ4n) is 3.05. The maximum absolute atomic E-state index is 11.2. The standard InChI is InChI=1S/C16H27N3O/c1-3-18-15-8-5-4-7-13-11-19(12-14(13)15)10-6-9-16(20)17-2/h11-12,15,18H,3-10H2,1-2H3,(H,17,20). The van der Waals surface area contributed by atoms with E-state index < -0.39 is 0 Å². The van der Waals surface area contributed by atoms with Gasteiger partial charge in [-0.25, -0.2) is 0 Å². The van der Waals surface area contributed by atoms with Crippen molar-refractivity contribution in [2.24, 2.45) is 0 Å². The summed E-state index contributed by atoms with van der Waals surface area (Å²) in [6.07, 6.45) is 11.1. The van der Waals surface area contributed by atoms with Crippen LogP contribution in [0.15, 0.2) is 12.4 Å². The van der Waals surface area contributed by atoms with Crippen molar-refractivity contribution < 1.29 is 4.79 Å². The lowest BCUT2D eigenvalue weighted by atomic mass is 10.0. The fraction of sp³-hybridized carbons (Fsp3) is 0.688. The average Bonchev–Trinajstić information content (AvgIpc) is 2.76. The SMILES string of the molecule is CCNC1CCCCc2cn(CCCC(=O)NC)cc21. The molecule has 1 unspecified atom stereocenters. The normalized spacial score (nSPS) is 18.4. The number of hydrogen-bond acceptors (Lipinski definition) is 2. The third kappa shape index (κ3) is 3.85. The molecular formula is C16H27N3O. The van der Waals surface area contributed by atoms with Gasteiger partial charge in [0.05, 0.1) is 0 Å². The zero-order chi connectivity index (χ0) is 14.4. The highest BCUT2D eigenvalue weighted by Crippen LogP contribution is 2.29. The molecule has 0 aliphatic heterocycles. The van der Waals surface area contributed by atoms with E-state index in [1.165, 1.54) is 36.8 Å². The van der Waals surface area contributed by atoms with Crippen LogP contribution in [0.25, 0.3) is 0 Å². The van der Waals surface area contributed by atoms with Gasteiger partial charge in [-0.15, -0.1) is 0 Å². The quantitative estimate of drug-likeness (QED) is 0.784. The van der Waals surface area contributed by atoms with Gasteiger partial charge in [-0.05, 0) is 43.4 Å². The van der Waals surface area contributed by atoms with Gasteiger partial charge in [0.2, 0.25) is 5.91 Å². The Kier molecular flexibility index (Phi) is 5.65. The van der Waals surface area contributed by atoms with Gasteiger partial charge in [-0.1, -0.05) is 13.3 Å². The Hall–Kier alpha value is -1.29. The molecule has 1 aromatic heterocycles. The number of hydrogen-bond donors (Lipinski definition) is 2. The van der Waals surface area contributed by atoms with Gasteiger partial charge in [-0.3, -0.25) is 4.79 Å². The van der Waals surface area contributed by atoms with Crippen molar-refractivity contribution in [3.05, 3.63) is 23.5 Å². The Labute approximate surface area is 121 Å². The third-order valence-electron chi connectivity index (χ3n) is 4.11. The van der Waals surface area contributed by atoms with Crippen molar-refractivity contribution in [2.45, 2.75) is 58.0 Å². The van der Waals surface area contributed by atoms with Gasteiger partial charge in [0.15, 0.2) is 0 Å². The topological polar surface area (TPSA) is 46.1 Å². The summed E-state index contributed by atoms with van der Waals surface area (Å²) in [6.45, 7) is 4.12. The summed E-state index contributed by atoms with van der Waals surface area (Å²) >= 11 is 0. The molecule has 1 aliphatic rings. The number of rotatable bonds is 6. The van der Waals surface area contributed by atoms with Crippen LogP contribution in [-0.4, -0.2) is 24.1 Å². The Morgan fingerprint density at radius 1 is 1.40 bits per heavy atom. The first-order chi connectivity index (χ1) is 9.74. The van der Waals surface area contributed by atoms with Crippen molar-refractivity contribution in [3.8, 4) is 0 Å². The van der Waals surface area contributed by atoms with Crippen LogP contribution in [0, 0.1) is 0 Å². The van der Waals surface area contributed by atoms with Gasteiger partial charge in [0.1, 0.15) is 0 Å². The van der Waals surface area contributed by atoms with Crippen LogP contribution in [0.5, 0.6) is 0 Å². The molecule has 1 aromatic rings. The molecule has 0 spiro atoms. The number of nitrogens with zero attached hydrogens (tertiary/aromatic N) is 1. The fourth-order valence-corrected chi connectivity index (χ4v) is 3.05. The highest BCUT2D eigenvalue weighted by molar-refractivity contribution is 5.75. The number of aryl methyl sites for hydroxylation is 2. The number of fused-ring (bicyclic) bond motifs is 1. The first kappa shape index (κ1) is 15.1. The number of nitrogens with one attached hydrogen (secondary N) is 2. The highest BCUT2D eigenvalue weighted by atomic mass is 16.1. The van der Waals surface area contributed by atoms with E-state index in [1.54, 1.807) is 7.05 Å². The van der Waals surface area contributed by atoms with Crippen molar-refractivity contribution in [1.29, 1.82) is 0 Å². The van der Waals surface area contributed by atoms with E-state index in [4.69, 9.17) is 0 Å². The first-order valence-electron chi connectivity index (χ1n) is 7.87. The van der Waals surface area contributed by atoms with Crippen molar-refractivity contribution in [2.75, 3.05) is 13.6 Å². The second kappa shape index (κ2) is 7.48. The predicted octanol–water partition coefficient (Wildman–Crippen LogP) is 2.39. The second-order valence-corrected chi connectivity index (χ2v) is 5.61. The summed E-state index contributed by atoms with van der Waals surface area (Å²) in [5, 5.41) is 6.27. The summed E-state index contributed by atoms with van der Waals surface area (Å²) in [6, 6.07) is 0.512. The van der Waals surface area contributed by atoms with Gasteiger partial charge >= 0.3 is 0 Å². The lowest BCUT2D eigenvalue weighted by Gasteiger charge is -2.15. The molecule has 0 saturated carbocycles. The monoisotopic (exact) mass is 277 g/mol. The molecular weight excluding hydrogens is 250 g/mol. The van der Waals surface area contributed by atoms with E-state index >= 15 is 0 Å². The second-order valence-electron chi connectivity index (χ2n) is 5.61. The predicted molar refractivity (Wildman–Crippen MR) is 81.7 cm³/mol. The van der Waals surface area contributed by atoms with Gasteiger partial charge < -0.3 is 15.2 Å². The molecule has 112 valence electrons. The van der Waals surface area contributed by atoms with E-state index in [0.29, 0.717) is 12.5 Å². The third-order valence-corrected chi connectivity index (χ3v) is 4.11. The lowest BCUT2D eigenvalue weighted by molar-refractivity contribution is -0.120. The number of carbonyl (C=O) groups is 1. The maximum atomic E-state index is 11.2. The minimum Gasteiger partial charge on any atom is -0.359 e. The van der Waals surface area contributed by atoms with Crippen molar-refractivity contribution in [3.63, 3.8) is 0 Å². The van der Waals surface area contributed by atoms with Gasteiger partial charge in [0.25, 0.3) is 0 Å². The molecule has 0 fully saturated rings. The maximum Gasteiger partial charge on any atom is 0.219 e. The van der Waals surface area contributed by atoms with Crippen molar-refractivity contribution >= 4 is 5.91 Å². The van der Waals surface area contributed by atoms with E-state index in [0.717, 1.165) is 19.5 Å². The Morgan fingerprint density at radius 3 is 3.00 bits per heavy atom. The Morgan fingerprint density at radius 2 is 2.25 bits per heavy atom. The molecule has 1 aliphatic carbocycles. The molecule has 2 N–H and O–H groups in total. The largest absolute Gasteiger partial charge is 0.359 e. The molecule has 0 saturated heterocycles. The van der Waals surface area contributed by atoms with E-state index in [1.807, 2.05) is 0 Å². The lowest BCUT2D eigenvalue weighted by Crippen LogP contribution is -2.20. The van der Waals surface area contributed by atoms with Crippen LogP contribution in [0.3, 0.4) is 0 Å². The molecule has 0 radical (unpaired) electrons. The zero-order valence-corrected chi connectivity index (χ0v) is 12.7. The molecule has 4 heteroatoms. The average molecular weight is 277 g/mol. The van der Waals surface area contributed by atoms with Crippen LogP contribution in [0.1, 0.15) is 56.2 Å². The summed E-state index contributed by atoms with van der Waals surface area (Å²) in [5.74, 6) is 0.129. The van der Waals surface area contributed by atoms with Gasteiger partial charge in [0, 0.05) is 38.4 Å². The zero-order valence-electron chi connectivity index (χ0n) is 12.7. The summed E-state index contributed by atoms with van der Waals surface area (Å²) in [4.78, 5) is 11.2. The summed E-state index contributed by atoms with van der Waals surface area (Å²) in [5.41, 5.74) is 2.97. The molecule has 1 amide bonds. The molecule has 0 aromatic carbocycles. The Balaban J connectivity index is 1.99. The highest BCUT2D eigenvalue weighted by Gasteiger charge is 2.19. The van der Waals surface area contributed by atoms with Crippen LogP contribution < -0.4 is 10.6 Å². The Bertz CT molecular complexity index is 439. The summed E-state index contributed by atoms with van der Waals surface area (Å²) < 4.78 is 2.27. The number of carbonyl (C=O) groups excluding carboxylic acids is 1. The van der Waals surface area contributed by atoms with E-state index in [9.17, 15) is 4.79 Å². The summed E-state index contributed by atoms with van der Waals surface area (Å²) in [7, 11) is 1.70. The van der Waals surface area contributed by atoms with Crippen LogP contribution in [0.2, 0.25) is 0 Å². The number of aromatic nitrogens is 1. The van der Waals surface area contributed by atoms with Crippen LogP contribution in [-0.2, 0) is 17.8 Å². The first-order valence-corrected chi connectivity index (χ1v) is 7.87. The minimum absolute atomic E-state index is 0.129. The van der Waals surface area contributed by atoms with Gasteiger partial charge in [-0.2, -0.15) is 0 Å². The number of amides is 1. The van der Waals surface area contributed by atoms with E-state index in [-0.39, 0.29) is 5.91 Å². The minimum atomic E-state index is 0.129. The van der Waals surface area contributed by atoms with Crippen molar-refractivity contribution in [1.82, 2.24) is 15.2 Å².